The van der Waals surface area contributed by atoms with Crippen LogP contribution in [-0.2, 0) is 23.9 Å². The lowest BCUT2D eigenvalue weighted by Crippen LogP contribution is -2.49. The summed E-state index contributed by atoms with van der Waals surface area (Å²) in [5.74, 6) is -3.39. The predicted molar refractivity (Wildman–Crippen MR) is 67.9 cm³/mol. The van der Waals surface area contributed by atoms with Crippen LogP contribution in [0.15, 0.2) is 0 Å². The van der Waals surface area contributed by atoms with Crippen LogP contribution >= 0.6 is 0 Å². The van der Waals surface area contributed by atoms with E-state index in [1.54, 1.807) is 20.8 Å². The van der Waals surface area contributed by atoms with Gasteiger partial charge in [-0.1, -0.05) is 0 Å². The molecule has 7 heteroatoms. The predicted octanol–water partition coefficient (Wildman–Crippen LogP) is 0.555. The first kappa shape index (κ1) is 16.1. The summed E-state index contributed by atoms with van der Waals surface area (Å²) in [6.45, 7) is 5.12. The molecule has 20 heavy (non-hydrogen) atoms. The monoisotopic (exact) mass is 285 g/mol. The molecule has 1 heterocycles. The molecule has 1 saturated heterocycles. The van der Waals surface area contributed by atoms with E-state index in [2.05, 4.69) is 4.74 Å². The number of piperidine rings is 1. The number of carbonyl (C=O) groups is 4. The summed E-state index contributed by atoms with van der Waals surface area (Å²) >= 11 is 0. The van der Waals surface area contributed by atoms with Gasteiger partial charge >= 0.3 is 12.1 Å². The first-order valence-electron chi connectivity index (χ1n) is 6.28. The SMILES string of the molecule is COC(=O)C(=O)C1CCN(C(=O)OC(C)(C)C)CC1=O. The second kappa shape index (κ2) is 6.02. The number of nitrogens with zero attached hydrogens (tertiary/aromatic N) is 1. The van der Waals surface area contributed by atoms with E-state index in [-0.39, 0.29) is 19.5 Å². The maximum atomic E-state index is 11.9. The molecule has 0 bridgehead atoms. The van der Waals surface area contributed by atoms with Crippen LogP contribution in [0.25, 0.3) is 0 Å². The van der Waals surface area contributed by atoms with E-state index in [4.69, 9.17) is 4.74 Å². The minimum atomic E-state index is -1.03. The van der Waals surface area contributed by atoms with E-state index < -0.39 is 35.1 Å². The molecule has 112 valence electrons. The highest BCUT2D eigenvalue weighted by Gasteiger charge is 2.38. The van der Waals surface area contributed by atoms with Gasteiger partial charge in [-0.2, -0.15) is 0 Å². The van der Waals surface area contributed by atoms with Gasteiger partial charge in [0.05, 0.1) is 19.6 Å². The van der Waals surface area contributed by atoms with Crippen molar-refractivity contribution in [3.63, 3.8) is 0 Å². The zero-order chi connectivity index (χ0) is 15.5. The molecule has 0 saturated carbocycles. The number of carbonyl (C=O) groups excluding carboxylic acids is 4. The zero-order valence-corrected chi connectivity index (χ0v) is 12.1. The number of amides is 1. The Kier molecular flexibility index (Phi) is 4.86. The molecule has 0 aromatic rings. The van der Waals surface area contributed by atoms with Crippen molar-refractivity contribution in [1.29, 1.82) is 0 Å². The van der Waals surface area contributed by atoms with Crippen LogP contribution in [0.3, 0.4) is 0 Å². The maximum absolute atomic E-state index is 11.9. The van der Waals surface area contributed by atoms with E-state index in [0.29, 0.717) is 0 Å². The normalized spacial score (nSPS) is 19.5. The molecule has 0 aromatic heterocycles. The van der Waals surface area contributed by atoms with Gasteiger partial charge in [-0.3, -0.25) is 9.59 Å². The summed E-state index contributed by atoms with van der Waals surface area (Å²) in [7, 11) is 1.08. The van der Waals surface area contributed by atoms with Gasteiger partial charge in [0.15, 0.2) is 5.78 Å². The molecule has 1 fully saturated rings. The van der Waals surface area contributed by atoms with E-state index in [0.717, 1.165) is 7.11 Å². The zero-order valence-electron chi connectivity index (χ0n) is 12.1. The molecule has 0 aromatic carbocycles. The van der Waals surface area contributed by atoms with Crippen LogP contribution in [0.4, 0.5) is 4.79 Å². The molecule has 1 aliphatic rings. The second-order valence-electron chi connectivity index (χ2n) is 5.57. The fraction of sp³-hybridized carbons (Fsp3) is 0.692. The third-order valence-electron chi connectivity index (χ3n) is 2.78. The Bertz CT molecular complexity index is 437. The summed E-state index contributed by atoms with van der Waals surface area (Å²) in [6, 6.07) is 0. The first-order valence-corrected chi connectivity index (χ1v) is 6.28. The van der Waals surface area contributed by atoms with Gasteiger partial charge in [0.25, 0.3) is 5.78 Å². The second-order valence-corrected chi connectivity index (χ2v) is 5.57. The molecule has 1 atom stereocenters. The van der Waals surface area contributed by atoms with Crippen LogP contribution in [0.2, 0.25) is 0 Å². The number of esters is 1. The molecule has 1 unspecified atom stereocenters. The lowest BCUT2D eigenvalue weighted by molar-refractivity contribution is -0.156. The molecule has 0 aliphatic carbocycles. The Morgan fingerprint density at radius 1 is 1.25 bits per heavy atom. The lowest BCUT2D eigenvalue weighted by Gasteiger charge is -2.31. The average molecular weight is 285 g/mol. The standard InChI is InChI=1S/C13H19NO6/c1-13(2,3)20-12(18)14-6-5-8(9(15)7-14)10(16)11(17)19-4/h8H,5-7H2,1-4H3. The summed E-state index contributed by atoms with van der Waals surface area (Å²) in [6.07, 6.45) is -0.499. The number of Topliss-reactive ketones (excluding diaryl/α,β-unsaturated/α-hetero) is 2. The molecule has 1 amide bonds. The Balaban J connectivity index is 2.64. The lowest BCUT2D eigenvalue weighted by atomic mass is 9.91. The molecule has 1 aliphatic heterocycles. The van der Waals surface area contributed by atoms with Crippen molar-refractivity contribution in [3.8, 4) is 0 Å². The first-order chi connectivity index (χ1) is 9.15. The molecule has 0 N–H and O–H groups in total. The van der Waals surface area contributed by atoms with Crippen LogP contribution in [0.5, 0.6) is 0 Å². The summed E-state index contributed by atoms with van der Waals surface area (Å²) in [5, 5.41) is 0. The third-order valence-corrected chi connectivity index (χ3v) is 2.78. The molecule has 7 nitrogen and oxygen atoms in total. The topological polar surface area (TPSA) is 90.0 Å². The Morgan fingerprint density at radius 2 is 1.85 bits per heavy atom. The van der Waals surface area contributed by atoms with Gasteiger partial charge in [0, 0.05) is 6.54 Å². The number of rotatable bonds is 2. The van der Waals surface area contributed by atoms with Crippen LogP contribution in [0.1, 0.15) is 27.2 Å². The van der Waals surface area contributed by atoms with E-state index in [9.17, 15) is 19.2 Å². The molecule has 1 rings (SSSR count). The van der Waals surface area contributed by atoms with Crippen molar-refractivity contribution in [3.05, 3.63) is 0 Å². The summed E-state index contributed by atoms with van der Waals surface area (Å²) < 4.78 is 9.46. The van der Waals surface area contributed by atoms with Crippen LogP contribution < -0.4 is 0 Å². The van der Waals surface area contributed by atoms with Crippen molar-refractivity contribution in [2.75, 3.05) is 20.2 Å². The number of hydrogen-bond donors (Lipinski definition) is 0. The number of methoxy groups -OCH3 is 1. The van der Waals surface area contributed by atoms with Crippen molar-refractivity contribution in [2.45, 2.75) is 32.8 Å². The third kappa shape index (κ3) is 4.04. The molecular formula is C13H19NO6. The molecule has 0 radical (unpaired) electrons. The minimum Gasteiger partial charge on any atom is -0.463 e. The fourth-order valence-corrected chi connectivity index (χ4v) is 1.83. The Morgan fingerprint density at radius 3 is 2.30 bits per heavy atom. The summed E-state index contributed by atoms with van der Waals surface area (Å²) in [5.41, 5.74) is -0.654. The van der Waals surface area contributed by atoms with Crippen LogP contribution in [0, 0.1) is 5.92 Å². The average Bonchev–Trinajstić information content (AvgIpc) is 2.34. The highest BCUT2D eigenvalue weighted by atomic mass is 16.6. The maximum Gasteiger partial charge on any atom is 0.410 e. The van der Waals surface area contributed by atoms with Crippen molar-refractivity contribution < 1.29 is 28.7 Å². The van der Waals surface area contributed by atoms with Crippen molar-refractivity contribution >= 4 is 23.6 Å². The highest BCUT2D eigenvalue weighted by Crippen LogP contribution is 2.18. The largest absolute Gasteiger partial charge is 0.463 e. The quantitative estimate of drug-likeness (QED) is 0.418. The molecular weight excluding hydrogens is 266 g/mol. The highest BCUT2D eigenvalue weighted by molar-refractivity contribution is 6.38. The van der Waals surface area contributed by atoms with Crippen molar-refractivity contribution in [2.24, 2.45) is 5.92 Å². The number of ether oxygens (including phenoxy) is 2. The van der Waals surface area contributed by atoms with E-state index >= 15 is 0 Å². The van der Waals surface area contributed by atoms with Crippen LogP contribution in [-0.4, -0.2) is 54.3 Å². The minimum absolute atomic E-state index is 0.103. The number of hydrogen-bond acceptors (Lipinski definition) is 6. The van der Waals surface area contributed by atoms with Gasteiger partial charge in [0.1, 0.15) is 5.60 Å². The van der Waals surface area contributed by atoms with Gasteiger partial charge in [-0.05, 0) is 27.2 Å². The summed E-state index contributed by atoms with van der Waals surface area (Å²) in [4.78, 5) is 47.6. The van der Waals surface area contributed by atoms with E-state index in [1.807, 2.05) is 0 Å². The Labute approximate surface area is 117 Å². The van der Waals surface area contributed by atoms with Gasteiger partial charge in [-0.25, -0.2) is 9.59 Å². The van der Waals surface area contributed by atoms with Gasteiger partial charge in [0.2, 0.25) is 0 Å². The molecule has 0 spiro atoms. The Hall–Kier alpha value is -1.92. The smallest absolute Gasteiger partial charge is 0.410 e. The van der Waals surface area contributed by atoms with Gasteiger partial charge in [-0.15, -0.1) is 0 Å². The van der Waals surface area contributed by atoms with Gasteiger partial charge < -0.3 is 14.4 Å². The number of likely N-dealkylation sites (tertiary alicyclic amines) is 1. The van der Waals surface area contributed by atoms with E-state index in [1.165, 1.54) is 4.90 Å². The van der Waals surface area contributed by atoms with Crippen molar-refractivity contribution in [1.82, 2.24) is 4.90 Å². The fourth-order valence-electron chi connectivity index (χ4n) is 1.83. The number of ketones is 2.